The number of nitrogens with one attached hydrogen (secondary N) is 1. The number of imidazole rings is 1. The summed E-state index contributed by atoms with van der Waals surface area (Å²) >= 11 is 5.53. The van der Waals surface area contributed by atoms with E-state index in [2.05, 4.69) is 30.7 Å². The molecule has 2 N–H and O–H groups in total. The second kappa shape index (κ2) is 11.2. The van der Waals surface area contributed by atoms with Gasteiger partial charge in [-0.05, 0) is 67.7 Å². The molecule has 3 aromatic carbocycles. The molecule has 0 bridgehead atoms. The number of para-hydroxylation sites is 2. The van der Waals surface area contributed by atoms with Gasteiger partial charge < -0.3 is 10.0 Å². The first-order valence-electron chi connectivity index (χ1n) is 12.2. The molecule has 39 heavy (non-hydrogen) atoms. The summed E-state index contributed by atoms with van der Waals surface area (Å²) in [5.41, 5.74) is 8.65. The molecule has 0 spiro atoms. The number of benzene rings is 3. The van der Waals surface area contributed by atoms with Crippen molar-refractivity contribution >= 4 is 58.1 Å². The van der Waals surface area contributed by atoms with Crippen LogP contribution in [0.2, 0.25) is 0 Å². The van der Waals surface area contributed by atoms with E-state index in [1.165, 1.54) is 4.57 Å². The number of aliphatic imine (C=N–C) groups is 1. The summed E-state index contributed by atoms with van der Waals surface area (Å²) < 4.78 is 1.38. The van der Waals surface area contributed by atoms with Crippen LogP contribution in [-0.2, 0) is 0 Å². The summed E-state index contributed by atoms with van der Waals surface area (Å²) in [6.45, 7) is 1.74. The lowest BCUT2D eigenvalue weighted by Gasteiger charge is -2.12. The lowest BCUT2D eigenvalue weighted by molar-refractivity contribution is 0.444. The van der Waals surface area contributed by atoms with E-state index in [-0.39, 0.29) is 11.0 Å². The maximum Gasteiger partial charge on any atom is 0.228 e. The maximum atomic E-state index is 11.0. The van der Waals surface area contributed by atoms with Crippen LogP contribution in [0.15, 0.2) is 99.2 Å². The van der Waals surface area contributed by atoms with Crippen LogP contribution in [0.1, 0.15) is 22.6 Å². The molecule has 9 nitrogen and oxygen atoms in total. The van der Waals surface area contributed by atoms with Gasteiger partial charge in [0.2, 0.25) is 16.8 Å². The van der Waals surface area contributed by atoms with E-state index in [4.69, 9.17) is 12.2 Å². The van der Waals surface area contributed by atoms with Crippen LogP contribution >= 0.6 is 12.2 Å². The lowest BCUT2D eigenvalue weighted by Crippen LogP contribution is -2.10. The van der Waals surface area contributed by atoms with E-state index in [1.807, 2.05) is 97.9 Å². The highest BCUT2D eigenvalue weighted by Gasteiger charge is 2.18. The Morgan fingerprint density at radius 1 is 0.974 bits per heavy atom. The number of aromatic hydroxyl groups is 1. The molecule has 194 valence electrons. The highest BCUT2D eigenvalue weighted by molar-refractivity contribution is 7.80. The van der Waals surface area contributed by atoms with Gasteiger partial charge >= 0.3 is 0 Å². The molecule has 0 atom stereocenters. The highest BCUT2D eigenvalue weighted by Crippen LogP contribution is 2.33. The van der Waals surface area contributed by atoms with Crippen molar-refractivity contribution in [3.8, 4) is 5.88 Å². The lowest BCUT2D eigenvalue weighted by atomic mass is 10.1. The summed E-state index contributed by atoms with van der Waals surface area (Å²) in [6.07, 6.45) is 3.53. The minimum Gasteiger partial charge on any atom is -0.493 e. The topological polar surface area (TPSA) is 103 Å². The monoisotopic (exact) mass is 534 g/mol. The number of fused-ring (bicyclic) bond motifs is 1. The van der Waals surface area contributed by atoms with Crippen LogP contribution in [0.25, 0.3) is 11.6 Å². The van der Waals surface area contributed by atoms with Gasteiger partial charge in [-0.2, -0.15) is 5.10 Å². The van der Waals surface area contributed by atoms with Crippen LogP contribution in [0.4, 0.5) is 17.1 Å². The Kier molecular flexibility index (Phi) is 7.37. The van der Waals surface area contributed by atoms with Gasteiger partial charge in [0.25, 0.3) is 0 Å². The zero-order valence-electron chi connectivity index (χ0n) is 21.6. The fourth-order valence-corrected chi connectivity index (χ4v) is 4.25. The van der Waals surface area contributed by atoms with Crippen LogP contribution in [0.3, 0.4) is 0 Å². The van der Waals surface area contributed by atoms with Gasteiger partial charge in [-0.3, -0.25) is 10.4 Å². The van der Waals surface area contributed by atoms with Gasteiger partial charge in [-0.25, -0.2) is 9.55 Å². The molecule has 1 aliphatic heterocycles. The number of hydrazone groups is 1. The second-order valence-corrected chi connectivity index (χ2v) is 9.28. The van der Waals surface area contributed by atoms with E-state index in [0.29, 0.717) is 17.4 Å². The van der Waals surface area contributed by atoms with Crippen molar-refractivity contribution < 1.29 is 5.11 Å². The SMILES string of the molecule is Cc1nc(C=C2C=Nc3ccccc32)c(O)n1C(=S)N=NC(=NNc1ccccc1)c1ccc(N(C)C)cc1. The molecule has 0 fully saturated rings. The van der Waals surface area contributed by atoms with Gasteiger partial charge in [0, 0.05) is 42.7 Å². The Morgan fingerprint density at radius 3 is 2.44 bits per heavy atom. The minimum atomic E-state index is -0.127. The molecule has 4 aromatic rings. The number of aromatic nitrogens is 2. The van der Waals surface area contributed by atoms with Gasteiger partial charge in [0.05, 0.1) is 11.4 Å². The van der Waals surface area contributed by atoms with Crippen LogP contribution < -0.4 is 10.3 Å². The Hall–Kier alpha value is -4.96. The first-order valence-corrected chi connectivity index (χ1v) is 12.6. The van der Waals surface area contributed by atoms with Gasteiger partial charge in [-0.15, -0.1) is 10.2 Å². The average Bonchev–Trinajstić information content (AvgIpc) is 3.48. The molecule has 0 unspecified atom stereocenters. The molecular formula is C29H26N8OS. The fraction of sp³-hybridized carbons (Fsp3) is 0.103. The van der Waals surface area contributed by atoms with Gasteiger partial charge in [-0.1, -0.05) is 36.4 Å². The fourth-order valence-electron chi connectivity index (χ4n) is 3.99. The summed E-state index contributed by atoms with van der Waals surface area (Å²) in [5.74, 6) is 0.672. The van der Waals surface area contributed by atoms with Crippen molar-refractivity contribution in [2.45, 2.75) is 6.92 Å². The number of hydrogen-bond donors (Lipinski definition) is 2. The molecule has 0 amide bonds. The van der Waals surface area contributed by atoms with Crippen molar-refractivity contribution in [3.63, 3.8) is 0 Å². The van der Waals surface area contributed by atoms with Crippen molar-refractivity contribution in [2.75, 3.05) is 24.4 Å². The molecule has 1 aliphatic rings. The largest absolute Gasteiger partial charge is 0.493 e. The van der Waals surface area contributed by atoms with Gasteiger partial charge in [0.1, 0.15) is 11.5 Å². The number of nitrogens with zero attached hydrogens (tertiary/aromatic N) is 7. The minimum absolute atomic E-state index is 0.0277. The third kappa shape index (κ3) is 5.65. The molecule has 1 aromatic heterocycles. The number of rotatable bonds is 5. The first-order chi connectivity index (χ1) is 18.9. The van der Waals surface area contributed by atoms with Gasteiger partial charge in [0.15, 0.2) is 0 Å². The number of allylic oxidation sites excluding steroid dienone is 1. The van der Waals surface area contributed by atoms with E-state index >= 15 is 0 Å². The Labute approximate surface area is 231 Å². The van der Waals surface area contributed by atoms with Crippen molar-refractivity contribution in [1.82, 2.24) is 9.55 Å². The zero-order valence-corrected chi connectivity index (χ0v) is 22.5. The Balaban J connectivity index is 1.43. The third-order valence-corrected chi connectivity index (χ3v) is 6.29. The van der Waals surface area contributed by atoms with Crippen LogP contribution in [-0.4, -0.2) is 45.9 Å². The van der Waals surface area contributed by atoms with E-state index in [0.717, 1.165) is 33.8 Å². The second-order valence-electron chi connectivity index (χ2n) is 8.92. The summed E-state index contributed by atoms with van der Waals surface area (Å²) in [7, 11) is 3.95. The predicted octanol–water partition coefficient (Wildman–Crippen LogP) is 6.28. The number of amidine groups is 1. The number of anilines is 2. The third-order valence-electron chi connectivity index (χ3n) is 6.02. The predicted molar refractivity (Wildman–Crippen MR) is 161 cm³/mol. The number of thiocarbonyl (C=S) groups is 1. The summed E-state index contributed by atoms with van der Waals surface area (Å²) in [6, 6.07) is 25.1. The smallest absolute Gasteiger partial charge is 0.228 e. The highest BCUT2D eigenvalue weighted by atomic mass is 32.1. The van der Waals surface area contributed by atoms with E-state index < -0.39 is 0 Å². The van der Waals surface area contributed by atoms with Crippen molar-refractivity contribution in [3.05, 3.63) is 102 Å². The molecule has 0 aliphatic carbocycles. The normalized spacial score (nSPS) is 13.7. The Bertz CT molecular complexity index is 1630. The average molecular weight is 535 g/mol. The van der Waals surface area contributed by atoms with Crippen molar-refractivity contribution in [2.24, 2.45) is 20.3 Å². The molecule has 10 heteroatoms. The van der Waals surface area contributed by atoms with Crippen molar-refractivity contribution in [1.29, 1.82) is 0 Å². The standard InChI is InChI=1S/C29H26N8OS/c1-19-31-26(17-21-18-30-25-12-8-7-11-24(21)25)28(38)37(19)29(39)35-34-27(33-32-22-9-5-4-6-10-22)20-13-15-23(16-14-20)36(2)3/h4-18,32,38H,1-3H3. The molecule has 0 saturated carbocycles. The molecule has 2 heterocycles. The number of hydrogen-bond acceptors (Lipinski definition) is 7. The van der Waals surface area contributed by atoms with E-state index in [1.54, 1.807) is 19.2 Å². The number of aryl methyl sites for hydroxylation is 1. The summed E-state index contributed by atoms with van der Waals surface area (Å²) in [4.78, 5) is 10.9. The zero-order chi connectivity index (χ0) is 27.4. The molecular weight excluding hydrogens is 508 g/mol. The maximum absolute atomic E-state index is 11.0. The first kappa shape index (κ1) is 25.7. The molecule has 0 radical (unpaired) electrons. The Morgan fingerprint density at radius 2 is 1.69 bits per heavy atom. The molecule has 0 saturated heterocycles. The quantitative estimate of drug-likeness (QED) is 0.103. The molecule has 5 rings (SSSR count). The van der Waals surface area contributed by atoms with Crippen LogP contribution in [0, 0.1) is 6.92 Å². The van der Waals surface area contributed by atoms with Crippen LogP contribution in [0.5, 0.6) is 5.88 Å². The number of azo groups is 1. The summed E-state index contributed by atoms with van der Waals surface area (Å²) in [5, 5.41) is 24.1. The van der Waals surface area contributed by atoms with E-state index in [9.17, 15) is 5.11 Å².